The predicted molar refractivity (Wildman–Crippen MR) is 131 cm³/mol. The van der Waals surface area contributed by atoms with Gasteiger partial charge in [0.2, 0.25) is 0 Å². The van der Waals surface area contributed by atoms with Crippen LogP contribution in [-0.2, 0) is 5.60 Å². The van der Waals surface area contributed by atoms with Crippen LogP contribution in [0.4, 0.5) is 8.78 Å². The van der Waals surface area contributed by atoms with Gasteiger partial charge in [0.15, 0.2) is 5.82 Å². The zero-order valence-electron chi connectivity index (χ0n) is 20.2. The quantitative estimate of drug-likeness (QED) is 0.377. The fourth-order valence-electron chi connectivity index (χ4n) is 6.27. The summed E-state index contributed by atoms with van der Waals surface area (Å²) in [6.07, 6.45) is 4.06. The van der Waals surface area contributed by atoms with Crippen molar-refractivity contribution in [1.82, 2.24) is 24.8 Å². The summed E-state index contributed by atoms with van der Waals surface area (Å²) in [5, 5.41) is 23.7. The number of carbonyl (C=O) groups is 1. The first-order valence-electron chi connectivity index (χ1n) is 12.3. The predicted octanol–water partition coefficient (Wildman–Crippen LogP) is 3.60. The third-order valence-electron chi connectivity index (χ3n) is 7.71. The molecule has 3 aliphatic rings. The van der Waals surface area contributed by atoms with Crippen molar-refractivity contribution in [2.45, 2.75) is 56.1 Å². The Bertz CT molecular complexity index is 1610. The molecule has 4 aromatic rings. The van der Waals surface area contributed by atoms with Gasteiger partial charge in [-0.05, 0) is 43.2 Å². The Kier molecular flexibility index (Phi) is 4.74. The normalized spacial score (nSPS) is 27.5. The second kappa shape index (κ2) is 7.78. The zero-order valence-corrected chi connectivity index (χ0v) is 20.2. The van der Waals surface area contributed by atoms with E-state index in [0.717, 1.165) is 16.6 Å². The number of aromatic nitrogens is 4. The van der Waals surface area contributed by atoms with Gasteiger partial charge in [-0.25, -0.2) is 15.0 Å². The number of halogens is 2. The van der Waals surface area contributed by atoms with Crippen molar-refractivity contribution in [2.75, 3.05) is 0 Å². The molecule has 0 spiro atoms. The number of rotatable bonds is 4. The molecule has 1 aliphatic carbocycles. The van der Waals surface area contributed by atoms with Crippen molar-refractivity contribution in [3.63, 3.8) is 0 Å². The van der Waals surface area contributed by atoms with Crippen molar-refractivity contribution in [3.05, 3.63) is 71.6 Å². The summed E-state index contributed by atoms with van der Waals surface area (Å²) in [5.74, 6) is 0.543. The van der Waals surface area contributed by atoms with E-state index >= 15 is 0 Å². The summed E-state index contributed by atoms with van der Waals surface area (Å²) in [4.78, 5) is 26.4. The van der Waals surface area contributed by atoms with E-state index in [1.165, 1.54) is 12.1 Å². The summed E-state index contributed by atoms with van der Waals surface area (Å²) in [5.41, 5.74) is 1.53. The number of amides is 1. The second-order valence-electron chi connectivity index (χ2n) is 10.6. The molecule has 11 heteroatoms. The fourth-order valence-corrected chi connectivity index (χ4v) is 6.27. The molecule has 3 N–H and O–H groups in total. The number of carbonyl (C=O) groups excluding carboxylic acids is 1. The highest BCUT2D eigenvalue weighted by Crippen LogP contribution is 2.48. The van der Waals surface area contributed by atoms with E-state index in [0.29, 0.717) is 28.9 Å². The number of hydrogen-bond donors (Lipinski definition) is 3. The Labute approximate surface area is 215 Å². The highest BCUT2D eigenvalue weighted by molar-refractivity contribution is 5.98. The standard InChI is InChI=1S/C27H23F2N5O4/c1-26(36)11-27(37,12-26)24-30-9-14(10-31-24)13-5-6-16-18(7-13)34-19-8-17(22(34)32-16)33-23(35)15-3-2-4-20(21(15)19)38-25(28)29/h2-7,9-10,17,19,25,36-37H,8,11-12H2,1H3,(H,33,35)/t17-,19-,26?,27?/m1/s1. The first-order valence-corrected chi connectivity index (χ1v) is 12.3. The average Bonchev–Trinajstić information content (AvgIpc) is 3.34. The lowest BCUT2D eigenvalue weighted by Gasteiger charge is -2.46. The summed E-state index contributed by atoms with van der Waals surface area (Å²) in [7, 11) is 0. The fraction of sp³-hybridized carbons (Fsp3) is 0.333. The molecule has 38 heavy (non-hydrogen) atoms. The average molecular weight is 520 g/mol. The maximum Gasteiger partial charge on any atom is 0.387 e. The first kappa shape index (κ1) is 23.2. The van der Waals surface area contributed by atoms with E-state index in [4.69, 9.17) is 9.72 Å². The third-order valence-corrected chi connectivity index (χ3v) is 7.71. The minimum Gasteiger partial charge on any atom is -0.434 e. The van der Waals surface area contributed by atoms with Gasteiger partial charge in [0, 0.05) is 41.9 Å². The number of nitrogens with one attached hydrogen (secondary N) is 1. The molecular weight excluding hydrogens is 496 g/mol. The molecule has 194 valence electrons. The number of imidazole rings is 1. The molecule has 2 bridgehead atoms. The van der Waals surface area contributed by atoms with Crippen molar-refractivity contribution in [3.8, 4) is 16.9 Å². The van der Waals surface area contributed by atoms with Gasteiger partial charge in [0.25, 0.3) is 5.91 Å². The molecular formula is C27H23F2N5O4. The molecule has 1 saturated carbocycles. The maximum absolute atomic E-state index is 13.2. The molecule has 4 heterocycles. The van der Waals surface area contributed by atoms with Gasteiger partial charge in [0.1, 0.15) is 17.2 Å². The third kappa shape index (κ3) is 3.42. The number of fused-ring (bicyclic) bond motifs is 9. The van der Waals surface area contributed by atoms with E-state index < -0.39 is 23.9 Å². The van der Waals surface area contributed by atoms with Crippen LogP contribution in [0.2, 0.25) is 0 Å². The number of benzene rings is 2. The molecule has 1 amide bonds. The zero-order chi connectivity index (χ0) is 26.4. The first-order chi connectivity index (χ1) is 18.1. The van der Waals surface area contributed by atoms with Crippen LogP contribution < -0.4 is 10.1 Å². The molecule has 2 atom stereocenters. The Morgan fingerprint density at radius 2 is 1.89 bits per heavy atom. The molecule has 2 aromatic heterocycles. The van der Waals surface area contributed by atoms with Crippen LogP contribution in [0.15, 0.2) is 48.8 Å². The number of aliphatic hydroxyl groups is 2. The van der Waals surface area contributed by atoms with E-state index in [-0.39, 0.29) is 36.4 Å². The van der Waals surface area contributed by atoms with Gasteiger partial charge in [-0.2, -0.15) is 8.78 Å². The topological polar surface area (TPSA) is 122 Å². The monoisotopic (exact) mass is 519 g/mol. The SMILES string of the molecule is CC1(O)CC(O)(c2ncc(-c3ccc4nc5n(c4c3)[C@@H]3C[C@H]5NC(=O)c4cccc(OC(F)F)c43)cn2)C1. The van der Waals surface area contributed by atoms with Crippen molar-refractivity contribution in [1.29, 1.82) is 0 Å². The van der Waals surface area contributed by atoms with E-state index in [1.807, 2.05) is 22.8 Å². The minimum atomic E-state index is -3.03. The van der Waals surface area contributed by atoms with Crippen molar-refractivity contribution < 1.29 is 28.5 Å². The Hall–Kier alpha value is -3.96. The van der Waals surface area contributed by atoms with Crippen LogP contribution in [0.3, 0.4) is 0 Å². The van der Waals surface area contributed by atoms with Gasteiger partial charge in [-0.1, -0.05) is 12.1 Å². The molecule has 0 unspecified atom stereocenters. The largest absolute Gasteiger partial charge is 0.434 e. The summed E-state index contributed by atoms with van der Waals surface area (Å²) >= 11 is 0. The molecule has 2 aliphatic heterocycles. The van der Waals surface area contributed by atoms with Crippen LogP contribution in [0, 0.1) is 0 Å². The number of alkyl halides is 2. The van der Waals surface area contributed by atoms with Gasteiger partial charge < -0.3 is 24.8 Å². The summed E-state index contributed by atoms with van der Waals surface area (Å²) in [6, 6.07) is 9.46. The Balaban J connectivity index is 1.31. The number of nitrogens with zero attached hydrogens (tertiary/aromatic N) is 4. The number of ether oxygens (including phenoxy) is 1. The summed E-state index contributed by atoms with van der Waals surface area (Å²) < 4.78 is 33.3. The molecule has 1 fully saturated rings. The van der Waals surface area contributed by atoms with Gasteiger partial charge in [0.05, 0.1) is 28.7 Å². The van der Waals surface area contributed by atoms with Crippen LogP contribution in [-0.4, -0.2) is 47.9 Å². The van der Waals surface area contributed by atoms with Crippen LogP contribution in [0.5, 0.6) is 5.75 Å². The molecule has 7 rings (SSSR count). The van der Waals surface area contributed by atoms with Gasteiger partial charge >= 0.3 is 6.61 Å². The molecule has 0 radical (unpaired) electrons. The van der Waals surface area contributed by atoms with Crippen LogP contribution >= 0.6 is 0 Å². The van der Waals surface area contributed by atoms with Gasteiger partial charge in [-0.3, -0.25) is 4.79 Å². The Morgan fingerprint density at radius 1 is 1.13 bits per heavy atom. The minimum absolute atomic E-state index is 0.0268. The van der Waals surface area contributed by atoms with Crippen LogP contribution in [0.1, 0.15) is 65.8 Å². The van der Waals surface area contributed by atoms with E-state index in [2.05, 4.69) is 15.3 Å². The summed E-state index contributed by atoms with van der Waals surface area (Å²) in [6.45, 7) is -1.36. The lowest BCUT2D eigenvalue weighted by atomic mass is 9.68. The second-order valence-corrected chi connectivity index (χ2v) is 10.6. The Morgan fingerprint density at radius 3 is 2.61 bits per heavy atom. The van der Waals surface area contributed by atoms with Crippen LogP contribution in [0.25, 0.3) is 22.2 Å². The lowest BCUT2D eigenvalue weighted by Crippen LogP contribution is -2.53. The van der Waals surface area contributed by atoms with Crippen molar-refractivity contribution in [2.24, 2.45) is 0 Å². The van der Waals surface area contributed by atoms with Crippen molar-refractivity contribution >= 4 is 16.9 Å². The highest BCUT2D eigenvalue weighted by Gasteiger charge is 2.53. The van der Waals surface area contributed by atoms with E-state index in [9.17, 15) is 23.8 Å². The molecule has 9 nitrogen and oxygen atoms in total. The maximum atomic E-state index is 13.2. The van der Waals surface area contributed by atoms with E-state index in [1.54, 1.807) is 25.4 Å². The molecule has 0 saturated heterocycles. The lowest BCUT2D eigenvalue weighted by molar-refractivity contribution is -0.180. The smallest absolute Gasteiger partial charge is 0.387 e. The highest BCUT2D eigenvalue weighted by atomic mass is 19.3. The van der Waals surface area contributed by atoms with Gasteiger partial charge in [-0.15, -0.1) is 0 Å². The molecule has 2 aromatic carbocycles. The number of hydrogen-bond acceptors (Lipinski definition) is 7.